The van der Waals surface area contributed by atoms with Gasteiger partial charge in [0.1, 0.15) is 5.58 Å². The highest BCUT2D eigenvalue weighted by atomic mass is 35.5. The fraction of sp³-hybridized carbons (Fsp3) is 0.600. The molecule has 3 saturated carbocycles. The minimum Gasteiger partial charge on any atom is -0.464 e. The van der Waals surface area contributed by atoms with Crippen LogP contribution in [0.4, 0.5) is 0 Å². The summed E-state index contributed by atoms with van der Waals surface area (Å²) in [7, 11) is -0.347. The van der Waals surface area contributed by atoms with Gasteiger partial charge < -0.3 is 13.7 Å². The van der Waals surface area contributed by atoms with E-state index in [0.29, 0.717) is 17.8 Å². The predicted octanol–water partition coefficient (Wildman–Crippen LogP) is 4.85. The Bertz CT molecular complexity index is 818. The van der Waals surface area contributed by atoms with Crippen molar-refractivity contribution in [3.63, 3.8) is 0 Å². The Labute approximate surface area is 154 Å². The number of hydrogen-bond donors (Lipinski definition) is 0. The molecule has 2 bridgehead atoms. The van der Waals surface area contributed by atoms with Crippen molar-refractivity contribution in [3.05, 3.63) is 36.1 Å². The quantitative estimate of drug-likeness (QED) is 0.580. The van der Waals surface area contributed by atoms with Crippen molar-refractivity contribution in [1.29, 1.82) is 0 Å². The van der Waals surface area contributed by atoms with Crippen LogP contribution in [0.3, 0.4) is 0 Å². The average molecular weight is 359 g/mol. The Morgan fingerprint density at radius 3 is 2.84 bits per heavy atom. The molecule has 0 spiro atoms. The number of alkyl halides is 1. The molecule has 1 unspecified atom stereocenters. The second-order valence-corrected chi connectivity index (χ2v) is 9.37. The van der Waals surface area contributed by atoms with Crippen LogP contribution in [-0.4, -0.2) is 24.1 Å². The summed E-state index contributed by atoms with van der Waals surface area (Å²) in [5, 5.41) is 0.905. The highest BCUT2D eigenvalue weighted by molar-refractivity contribution is 6.60. The van der Waals surface area contributed by atoms with Gasteiger partial charge in [-0.25, -0.2) is 0 Å². The molecule has 2 heterocycles. The Morgan fingerprint density at radius 1 is 1.24 bits per heavy atom. The molecule has 6 rings (SSSR count). The highest BCUT2D eigenvalue weighted by Gasteiger charge is 2.68. The molecule has 2 aromatic rings. The lowest BCUT2D eigenvalue weighted by molar-refractivity contribution is -0.199. The molecule has 4 fully saturated rings. The van der Waals surface area contributed by atoms with Crippen LogP contribution in [0.25, 0.3) is 11.0 Å². The summed E-state index contributed by atoms with van der Waals surface area (Å²) in [4.78, 5) is 0. The monoisotopic (exact) mass is 358 g/mol. The van der Waals surface area contributed by atoms with E-state index < -0.39 is 0 Å². The summed E-state index contributed by atoms with van der Waals surface area (Å²) in [6.45, 7) is 6.98. The summed E-state index contributed by atoms with van der Waals surface area (Å²) in [5.74, 6) is 1.32. The highest BCUT2D eigenvalue weighted by Crippen LogP contribution is 2.65. The molecule has 1 aliphatic heterocycles. The van der Waals surface area contributed by atoms with Gasteiger partial charge in [-0.05, 0) is 55.1 Å². The van der Waals surface area contributed by atoms with Crippen molar-refractivity contribution in [2.45, 2.75) is 57.0 Å². The van der Waals surface area contributed by atoms with Gasteiger partial charge in [-0.3, -0.25) is 0 Å². The molecule has 3 aliphatic carbocycles. The van der Waals surface area contributed by atoms with Gasteiger partial charge in [0, 0.05) is 5.39 Å². The number of rotatable bonds is 3. The third kappa shape index (κ3) is 2.20. The van der Waals surface area contributed by atoms with Crippen LogP contribution in [0, 0.1) is 17.3 Å². The Kier molecular flexibility index (Phi) is 3.43. The van der Waals surface area contributed by atoms with E-state index in [2.05, 4.69) is 26.8 Å². The fourth-order valence-corrected chi connectivity index (χ4v) is 5.83. The van der Waals surface area contributed by atoms with Crippen molar-refractivity contribution in [1.82, 2.24) is 0 Å². The van der Waals surface area contributed by atoms with Gasteiger partial charge in [0.15, 0.2) is 0 Å². The molecule has 3 nitrogen and oxygen atoms in total. The molecule has 1 saturated heterocycles. The molecule has 25 heavy (non-hydrogen) atoms. The minimum absolute atomic E-state index is 0.177. The molecule has 1 aromatic carbocycles. The van der Waals surface area contributed by atoms with Gasteiger partial charge in [-0.15, -0.1) is 11.6 Å². The van der Waals surface area contributed by atoms with E-state index in [0.717, 1.165) is 28.9 Å². The van der Waals surface area contributed by atoms with Crippen molar-refractivity contribution >= 4 is 29.7 Å². The normalized spacial score (nSPS) is 37.0. The molecule has 1 aromatic heterocycles. The molecule has 5 atom stereocenters. The summed E-state index contributed by atoms with van der Waals surface area (Å²) < 4.78 is 18.4. The van der Waals surface area contributed by atoms with Gasteiger partial charge in [0.25, 0.3) is 0 Å². The van der Waals surface area contributed by atoms with Crippen LogP contribution in [0.2, 0.25) is 0 Å². The standard InChI is InChI=1S/C20H24BClO3/c1-19(2)13-9-16(19)20(3)17(10-13)24-21(25-20)18(22)8-12-11-23-15-7-5-4-6-14(12)15/h4-7,11,13,16-18H,8-10H2,1-3H3/t13?,16-,17+,18+,20-/m0/s1. The van der Waals surface area contributed by atoms with Gasteiger partial charge in [0.05, 0.1) is 23.2 Å². The molecular weight excluding hydrogens is 334 g/mol. The van der Waals surface area contributed by atoms with E-state index >= 15 is 0 Å². The van der Waals surface area contributed by atoms with E-state index in [9.17, 15) is 0 Å². The van der Waals surface area contributed by atoms with Crippen LogP contribution in [-0.2, 0) is 15.7 Å². The Hall–Kier alpha value is -0.965. The topological polar surface area (TPSA) is 31.6 Å². The summed E-state index contributed by atoms with van der Waals surface area (Å²) >= 11 is 6.75. The number of para-hydroxylation sites is 1. The molecule has 0 N–H and O–H groups in total. The first-order valence-electron chi connectivity index (χ1n) is 9.32. The van der Waals surface area contributed by atoms with Crippen LogP contribution in [0.15, 0.2) is 34.9 Å². The number of fused-ring (bicyclic) bond motifs is 1. The first kappa shape index (κ1) is 16.2. The van der Waals surface area contributed by atoms with E-state index in [1.54, 1.807) is 0 Å². The maximum atomic E-state index is 6.75. The van der Waals surface area contributed by atoms with Crippen molar-refractivity contribution < 1.29 is 13.7 Å². The lowest BCUT2D eigenvalue weighted by Gasteiger charge is -2.64. The van der Waals surface area contributed by atoms with Crippen LogP contribution in [0.1, 0.15) is 39.2 Å². The van der Waals surface area contributed by atoms with Crippen LogP contribution >= 0.6 is 11.6 Å². The Balaban J connectivity index is 1.35. The number of halogens is 1. The first-order valence-corrected chi connectivity index (χ1v) is 9.75. The van der Waals surface area contributed by atoms with Gasteiger partial charge in [0.2, 0.25) is 0 Å². The number of benzene rings is 1. The zero-order valence-corrected chi connectivity index (χ0v) is 15.8. The SMILES string of the molecule is CC1(C)C2C[C@H]3OB([C@H](Cl)Cc4coc5ccccc45)O[C@@]3(C)[C@H]1C2. The zero-order valence-electron chi connectivity index (χ0n) is 15.0. The van der Waals surface area contributed by atoms with E-state index in [-0.39, 0.29) is 24.1 Å². The van der Waals surface area contributed by atoms with Gasteiger partial charge in [-0.2, -0.15) is 0 Å². The maximum Gasteiger partial charge on any atom is 0.477 e. The molecule has 4 aliphatic rings. The summed E-state index contributed by atoms with van der Waals surface area (Å²) in [6, 6.07) is 8.07. The lowest BCUT2D eigenvalue weighted by Crippen LogP contribution is -2.65. The van der Waals surface area contributed by atoms with Gasteiger partial charge in [-0.1, -0.05) is 32.0 Å². The lowest BCUT2D eigenvalue weighted by atomic mass is 9.43. The number of hydrogen-bond acceptors (Lipinski definition) is 3. The molecular formula is C20H24BClO3. The van der Waals surface area contributed by atoms with E-state index in [1.807, 2.05) is 24.5 Å². The average Bonchev–Trinajstić information content (AvgIpc) is 3.15. The second kappa shape index (κ2) is 5.28. The molecule has 5 heteroatoms. The summed E-state index contributed by atoms with van der Waals surface area (Å²) in [5.41, 5.74) is 2.17. The van der Waals surface area contributed by atoms with Crippen molar-refractivity contribution in [2.24, 2.45) is 17.3 Å². The first-order chi connectivity index (χ1) is 11.9. The molecule has 132 valence electrons. The second-order valence-electron chi connectivity index (χ2n) is 8.81. The van der Waals surface area contributed by atoms with E-state index in [4.69, 9.17) is 25.3 Å². The summed E-state index contributed by atoms with van der Waals surface area (Å²) in [6.07, 6.45) is 5.02. The minimum atomic E-state index is -0.347. The fourth-order valence-electron chi connectivity index (χ4n) is 5.55. The largest absolute Gasteiger partial charge is 0.477 e. The zero-order chi connectivity index (χ0) is 17.4. The van der Waals surface area contributed by atoms with Crippen molar-refractivity contribution in [2.75, 3.05) is 0 Å². The molecule has 0 amide bonds. The maximum absolute atomic E-state index is 6.75. The van der Waals surface area contributed by atoms with Crippen molar-refractivity contribution in [3.8, 4) is 0 Å². The third-order valence-electron chi connectivity index (χ3n) is 7.24. The van der Waals surface area contributed by atoms with E-state index in [1.165, 1.54) is 6.42 Å². The smallest absolute Gasteiger partial charge is 0.464 e. The number of furan rings is 1. The predicted molar refractivity (Wildman–Crippen MR) is 99.7 cm³/mol. The van der Waals surface area contributed by atoms with Crippen LogP contribution in [0.5, 0.6) is 0 Å². The molecule has 0 radical (unpaired) electrons. The third-order valence-corrected chi connectivity index (χ3v) is 7.60. The van der Waals surface area contributed by atoms with Crippen LogP contribution < -0.4 is 0 Å². The Morgan fingerprint density at radius 2 is 2.04 bits per heavy atom. The van der Waals surface area contributed by atoms with Gasteiger partial charge >= 0.3 is 7.12 Å².